The van der Waals surface area contributed by atoms with Gasteiger partial charge in [-0.25, -0.2) is 22.2 Å². The van der Waals surface area contributed by atoms with E-state index in [1.807, 2.05) is 0 Å². The predicted molar refractivity (Wildman–Crippen MR) is 118 cm³/mol. The van der Waals surface area contributed by atoms with Gasteiger partial charge in [-0.2, -0.15) is 0 Å². The molecule has 0 unspecified atom stereocenters. The van der Waals surface area contributed by atoms with Crippen molar-refractivity contribution in [2.45, 2.75) is 13.8 Å². The molecule has 0 aliphatic rings. The fourth-order valence-corrected chi connectivity index (χ4v) is 3.50. The lowest BCUT2D eigenvalue weighted by Crippen LogP contribution is -2.14. The van der Waals surface area contributed by atoms with Crippen LogP contribution in [0.25, 0.3) is 11.1 Å². The molecule has 0 amide bonds. The van der Waals surface area contributed by atoms with Gasteiger partial charge in [-0.1, -0.05) is 0 Å². The van der Waals surface area contributed by atoms with Crippen molar-refractivity contribution in [3.8, 4) is 28.5 Å². The van der Waals surface area contributed by atoms with Crippen LogP contribution < -0.4 is 19.9 Å². The number of sulfonamides is 1. The second-order valence-corrected chi connectivity index (χ2v) is 8.88. The van der Waals surface area contributed by atoms with Gasteiger partial charge in [0.1, 0.15) is 18.2 Å². The van der Waals surface area contributed by atoms with E-state index >= 15 is 0 Å². The maximum atomic E-state index is 14.2. The first kappa shape index (κ1) is 23.4. The Morgan fingerprint density at radius 2 is 1.81 bits per heavy atom. The highest BCUT2D eigenvalue weighted by Gasteiger charge is 2.16. The van der Waals surface area contributed by atoms with E-state index in [0.29, 0.717) is 41.0 Å². The Balaban J connectivity index is 2.10. The second-order valence-electron chi connectivity index (χ2n) is 6.87. The van der Waals surface area contributed by atoms with Crippen LogP contribution >= 0.6 is 0 Å². The summed E-state index contributed by atoms with van der Waals surface area (Å²) in [5, 5.41) is 0. The molecular weight excluding hydrogens is 440 g/mol. The molecule has 3 aromatic rings. The maximum absolute atomic E-state index is 14.2. The number of ether oxygens (including phenoxy) is 2. The summed E-state index contributed by atoms with van der Waals surface area (Å²) in [4.78, 5) is 4.30. The smallest absolute Gasteiger partial charge is 0.232 e. The lowest BCUT2D eigenvalue weighted by molar-refractivity contribution is 0.315. The first-order valence-corrected chi connectivity index (χ1v) is 11.5. The second kappa shape index (κ2) is 9.92. The summed E-state index contributed by atoms with van der Waals surface area (Å²) < 4.78 is 65.2. The van der Waals surface area contributed by atoms with Crippen molar-refractivity contribution in [1.29, 1.82) is 0 Å². The van der Waals surface area contributed by atoms with E-state index in [0.717, 1.165) is 6.07 Å². The van der Waals surface area contributed by atoms with Gasteiger partial charge >= 0.3 is 0 Å². The Morgan fingerprint density at radius 3 is 2.50 bits per heavy atom. The molecule has 1 aromatic heterocycles. The minimum atomic E-state index is -3.53. The zero-order chi connectivity index (χ0) is 23.3. The van der Waals surface area contributed by atoms with Crippen LogP contribution in [0.4, 0.5) is 14.5 Å². The van der Waals surface area contributed by atoms with E-state index in [4.69, 9.17) is 15.2 Å². The minimum absolute atomic E-state index is 0.104. The number of pyridine rings is 1. The molecule has 0 saturated heterocycles. The molecule has 0 aliphatic heterocycles. The highest BCUT2D eigenvalue weighted by molar-refractivity contribution is 7.92. The third-order valence-corrected chi connectivity index (χ3v) is 5.66. The van der Waals surface area contributed by atoms with Crippen molar-refractivity contribution in [3.63, 3.8) is 0 Å². The molecule has 0 aliphatic carbocycles. The lowest BCUT2D eigenvalue weighted by atomic mass is 10.0. The molecule has 0 fully saturated rings. The average molecular weight is 464 g/mol. The summed E-state index contributed by atoms with van der Waals surface area (Å²) in [6.07, 6.45) is 0. The molecule has 1 heterocycles. The molecule has 0 spiro atoms. The Morgan fingerprint density at radius 1 is 1.06 bits per heavy atom. The SMILES string of the molecule is CCS(=O)(=O)Nc1ccc(Oc2ccc(F)cc2F)c(-c2cc(C)nc(OCCN)c2)c1. The Labute approximate surface area is 185 Å². The Hall–Kier alpha value is -3.24. The number of rotatable bonds is 9. The van der Waals surface area contributed by atoms with E-state index in [2.05, 4.69) is 9.71 Å². The average Bonchev–Trinajstić information content (AvgIpc) is 2.74. The van der Waals surface area contributed by atoms with Gasteiger partial charge in [0, 0.05) is 35.6 Å². The molecule has 0 atom stereocenters. The van der Waals surface area contributed by atoms with Gasteiger partial charge in [0.25, 0.3) is 0 Å². The minimum Gasteiger partial charge on any atom is -0.476 e. The monoisotopic (exact) mass is 463 g/mol. The Kier molecular flexibility index (Phi) is 7.26. The topological polar surface area (TPSA) is 104 Å². The van der Waals surface area contributed by atoms with E-state index in [9.17, 15) is 17.2 Å². The van der Waals surface area contributed by atoms with Crippen LogP contribution in [0, 0.1) is 18.6 Å². The molecule has 0 bridgehead atoms. The number of aromatic nitrogens is 1. The van der Waals surface area contributed by atoms with Crippen LogP contribution in [0.3, 0.4) is 0 Å². The van der Waals surface area contributed by atoms with Crippen molar-refractivity contribution in [2.24, 2.45) is 5.73 Å². The summed E-state index contributed by atoms with van der Waals surface area (Å²) in [7, 11) is -3.53. The number of nitrogens with two attached hydrogens (primary N) is 1. The van der Waals surface area contributed by atoms with Crippen LogP contribution in [-0.4, -0.2) is 32.3 Å². The van der Waals surface area contributed by atoms with Crippen LogP contribution in [0.1, 0.15) is 12.6 Å². The third-order valence-electron chi connectivity index (χ3n) is 4.36. The molecule has 3 N–H and O–H groups in total. The summed E-state index contributed by atoms with van der Waals surface area (Å²) in [6, 6.07) is 10.9. The van der Waals surface area contributed by atoms with E-state index in [1.54, 1.807) is 25.1 Å². The molecule has 0 radical (unpaired) electrons. The highest BCUT2D eigenvalue weighted by Crippen LogP contribution is 2.38. The van der Waals surface area contributed by atoms with Gasteiger partial charge in [-0.3, -0.25) is 4.72 Å². The van der Waals surface area contributed by atoms with Crippen molar-refractivity contribution in [2.75, 3.05) is 23.6 Å². The van der Waals surface area contributed by atoms with Gasteiger partial charge in [0.2, 0.25) is 15.9 Å². The first-order valence-electron chi connectivity index (χ1n) is 9.80. The maximum Gasteiger partial charge on any atom is 0.232 e. The summed E-state index contributed by atoms with van der Waals surface area (Å²) >= 11 is 0. The molecular formula is C22H23F2N3O4S. The zero-order valence-electron chi connectivity index (χ0n) is 17.6. The molecule has 32 heavy (non-hydrogen) atoms. The van der Waals surface area contributed by atoms with Gasteiger partial charge in [-0.05, 0) is 55.8 Å². The van der Waals surface area contributed by atoms with Gasteiger partial charge in [0.05, 0.1) is 5.75 Å². The fourth-order valence-electron chi connectivity index (χ4n) is 2.87. The largest absolute Gasteiger partial charge is 0.476 e. The molecule has 0 saturated carbocycles. The summed E-state index contributed by atoms with van der Waals surface area (Å²) in [5.74, 6) is -1.34. The fraction of sp³-hybridized carbons (Fsp3) is 0.227. The van der Waals surface area contributed by atoms with Gasteiger partial charge < -0.3 is 15.2 Å². The van der Waals surface area contributed by atoms with Gasteiger partial charge in [-0.15, -0.1) is 0 Å². The van der Waals surface area contributed by atoms with Crippen molar-refractivity contribution in [1.82, 2.24) is 4.98 Å². The molecule has 2 aromatic carbocycles. The zero-order valence-corrected chi connectivity index (χ0v) is 18.4. The number of nitrogens with one attached hydrogen (secondary N) is 1. The highest BCUT2D eigenvalue weighted by atomic mass is 32.2. The lowest BCUT2D eigenvalue weighted by Gasteiger charge is -2.16. The number of anilines is 1. The number of benzene rings is 2. The normalized spacial score (nSPS) is 11.3. The standard InChI is InChI=1S/C22H23F2N3O4S/c1-3-32(28,29)27-17-5-7-20(31-21-6-4-16(23)12-19(21)24)18(13-17)15-10-14(2)26-22(11-15)30-9-8-25/h4-7,10-13,27H,3,8-9,25H2,1-2H3. The number of nitrogens with zero attached hydrogens (tertiary/aromatic N) is 1. The van der Waals surface area contributed by atoms with Crippen LogP contribution in [-0.2, 0) is 10.0 Å². The van der Waals surface area contributed by atoms with Crippen molar-refractivity contribution in [3.05, 3.63) is 65.9 Å². The number of aryl methyl sites for hydroxylation is 1. The predicted octanol–water partition coefficient (Wildman–Crippen LogP) is 4.23. The third kappa shape index (κ3) is 5.92. The number of hydrogen-bond donors (Lipinski definition) is 2. The van der Waals surface area contributed by atoms with Crippen LogP contribution in [0.2, 0.25) is 0 Å². The van der Waals surface area contributed by atoms with Crippen LogP contribution in [0.15, 0.2) is 48.5 Å². The molecule has 7 nitrogen and oxygen atoms in total. The van der Waals surface area contributed by atoms with Gasteiger partial charge in [0.15, 0.2) is 11.6 Å². The molecule has 3 rings (SSSR count). The first-order chi connectivity index (χ1) is 15.2. The van der Waals surface area contributed by atoms with E-state index in [-0.39, 0.29) is 23.9 Å². The van der Waals surface area contributed by atoms with E-state index in [1.165, 1.54) is 25.1 Å². The number of hydrogen-bond acceptors (Lipinski definition) is 6. The molecule has 170 valence electrons. The van der Waals surface area contributed by atoms with Crippen molar-refractivity contribution >= 4 is 15.7 Å². The van der Waals surface area contributed by atoms with Crippen LogP contribution in [0.5, 0.6) is 17.4 Å². The summed E-state index contributed by atoms with van der Waals surface area (Å²) in [5.41, 5.74) is 7.47. The van der Waals surface area contributed by atoms with E-state index < -0.39 is 21.7 Å². The summed E-state index contributed by atoms with van der Waals surface area (Å²) in [6.45, 7) is 3.85. The Bertz CT molecular complexity index is 1220. The van der Waals surface area contributed by atoms with Crippen molar-refractivity contribution < 1.29 is 26.7 Å². The number of halogens is 2. The quantitative estimate of drug-likeness (QED) is 0.492. The molecule has 10 heteroatoms.